The standard InChI is InChI=1S/C16H19FO4/c1-2-3-4-7-12-20-15(18)10-11-16(19)21-14-9-6-5-8-13(14)17/h2,5-6,8-9H,1,3-4,7,10-12H2. The third-order valence-corrected chi connectivity index (χ3v) is 2.66. The van der Waals surface area contributed by atoms with Gasteiger partial charge in [-0.05, 0) is 31.4 Å². The van der Waals surface area contributed by atoms with Crippen molar-refractivity contribution in [2.45, 2.75) is 32.1 Å². The fraction of sp³-hybridized carbons (Fsp3) is 0.375. The molecule has 0 saturated carbocycles. The van der Waals surface area contributed by atoms with E-state index in [0.717, 1.165) is 19.3 Å². The monoisotopic (exact) mass is 294 g/mol. The van der Waals surface area contributed by atoms with Crippen LogP contribution in [0.2, 0.25) is 0 Å². The summed E-state index contributed by atoms with van der Waals surface area (Å²) in [6, 6.07) is 5.60. The van der Waals surface area contributed by atoms with E-state index in [4.69, 9.17) is 9.47 Å². The average molecular weight is 294 g/mol. The van der Waals surface area contributed by atoms with Gasteiger partial charge in [-0.1, -0.05) is 18.2 Å². The molecule has 0 fully saturated rings. The van der Waals surface area contributed by atoms with Gasteiger partial charge in [0.15, 0.2) is 11.6 Å². The highest BCUT2D eigenvalue weighted by Crippen LogP contribution is 2.16. The van der Waals surface area contributed by atoms with Crippen molar-refractivity contribution in [3.05, 3.63) is 42.7 Å². The smallest absolute Gasteiger partial charge is 0.311 e. The summed E-state index contributed by atoms with van der Waals surface area (Å²) < 4.78 is 23.0. The molecule has 0 N–H and O–H groups in total. The molecule has 1 rings (SSSR count). The van der Waals surface area contributed by atoms with Crippen LogP contribution in [0.15, 0.2) is 36.9 Å². The highest BCUT2D eigenvalue weighted by Gasteiger charge is 2.12. The molecule has 21 heavy (non-hydrogen) atoms. The molecular formula is C16H19FO4. The number of esters is 2. The minimum absolute atomic E-state index is 0.0747. The number of ether oxygens (including phenoxy) is 2. The Kier molecular flexibility index (Phi) is 7.79. The molecule has 4 nitrogen and oxygen atoms in total. The van der Waals surface area contributed by atoms with Crippen LogP contribution in [0, 0.1) is 5.82 Å². The number of allylic oxidation sites excluding steroid dienone is 1. The lowest BCUT2D eigenvalue weighted by molar-refractivity contribution is -0.147. The van der Waals surface area contributed by atoms with Gasteiger partial charge in [-0.3, -0.25) is 9.59 Å². The van der Waals surface area contributed by atoms with Gasteiger partial charge >= 0.3 is 11.9 Å². The lowest BCUT2D eigenvalue weighted by atomic mass is 10.2. The number of halogens is 1. The van der Waals surface area contributed by atoms with Gasteiger partial charge in [0.25, 0.3) is 0 Å². The first kappa shape index (κ1) is 16.9. The number of carbonyl (C=O) groups excluding carboxylic acids is 2. The van der Waals surface area contributed by atoms with E-state index in [-0.39, 0.29) is 18.6 Å². The summed E-state index contributed by atoms with van der Waals surface area (Å²) >= 11 is 0. The molecule has 114 valence electrons. The molecule has 0 radical (unpaired) electrons. The first-order valence-electron chi connectivity index (χ1n) is 6.85. The van der Waals surface area contributed by atoms with Crippen LogP contribution >= 0.6 is 0 Å². The Labute approximate surface area is 123 Å². The highest BCUT2D eigenvalue weighted by molar-refractivity contribution is 5.79. The lowest BCUT2D eigenvalue weighted by Gasteiger charge is -2.06. The van der Waals surface area contributed by atoms with Crippen LogP contribution in [0.5, 0.6) is 5.75 Å². The van der Waals surface area contributed by atoms with Crippen molar-refractivity contribution in [1.29, 1.82) is 0 Å². The molecule has 0 aliphatic heterocycles. The summed E-state index contributed by atoms with van der Waals surface area (Å²) in [6.45, 7) is 3.93. The Morgan fingerprint density at radius 1 is 1.14 bits per heavy atom. The van der Waals surface area contributed by atoms with Crippen LogP contribution in [0.25, 0.3) is 0 Å². The molecule has 0 unspecified atom stereocenters. The molecule has 0 heterocycles. The second-order valence-corrected chi connectivity index (χ2v) is 4.41. The van der Waals surface area contributed by atoms with Crippen molar-refractivity contribution in [3.8, 4) is 5.75 Å². The maximum absolute atomic E-state index is 13.2. The van der Waals surface area contributed by atoms with Crippen LogP contribution in [-0.2, 0) is 14.3 Å². The van der Waals surface area contributed by atoms with E-state index < -0.39 is 17.8 Å². The zero-order valence-corrected chi connectivity index (χ0v) is 11.8. The van der Waals surface area contributed by atoms with Crippen molar-refractivity contribution in [2.75, 3.05) is 6.61 Å². The second kappa shape index (κ2) is 9.69. The van der Waals surface area contributed by atoms with E-state index in [1.54, 1.807) is 12.1 Å². The van der Waals surface area contributed by atoms with Crippen molar-refractivity contribution in [1.82, 2.24) is 0 Å². The predicted octanol–water partition coefficient (Wildman–Crippen LogP) is 3.41. The Morgan fingerprint density at radius 3 is 2.57 bits per heavy atom. The van der Waals surface area contributed by atoms with Gasteiger partial charge in [0.05, 0.1) is 19.4 Å². The van der Waals surface area contributed by atoms with Crippen molar-refractivity contribution in [3.63, 3.8) is 0 Å². The summed E-state index contributed by atoms with van der Waals surface area (Å²) in [5.41, 5.74) is 0. The van der Waals surface area contributed by atoms with Gasteiger partial charge in [0.2, 0.25) is 0 Å². The molecule has 1 aromatic carbocycles. The molecule has 0 atom stereocenters. The number of carbonyl (C=O) groups is 2. The minimum Gasteiger partial charge on any atom is -0.466 e. The fourth-order valence-electron chi connectivity index (χ4n) is 1.55. The van der Waals surface area contributed by atoms with E-state index in [1.807, 2.05) is 0 Å². The fourth-order valence-corrected chi connectivity index (χ4v) is 1.55. The summed E-state index contributed by atoms with van der Waals surface area (Å²) in [5.74, 6) is -1.88. The molecule has 0 bridgehead atoms. The molecule has 0 amide bonds. The largest absolute Gasteiger partial charge is 0.466 e. The number of benzene rings is 1. The van der Waals surface area contributed by atoms with Crippen LogP contribution in [0.3, 0.4) is 0 Å². The van der Waals surface area contributed by atoms with Gasteiger partial charge in [-0.25, -0.2) is 4.39 Å². The summed E-state index contributed by atoms with van der Waals surface area (Å²) in [6.07, 6.45) is 4.14. The van der Waals surface area contributed by atoms with E-state index in [0.29, 0.717) is 6.61 Å². The maximum Gasteiger partial charge on any atom is 0.311 e. The van der Waals surface area contributed by atoms with Crippen LogP contribution in [0.1, 0.15) is 32.1 Å². The van der Waals surface area contributed by atoms with Crippen LogP contribution in [0.4, 0.5) is 4.39 Å². The van der Waals surface area contributed by atoms with Gasteiger partial charge in [-0.2, -0.15) is 0 Å². The topological polar surface area (TPSA) is 52.6 Å². The quantitative estimate of drug-likeness (QED) is 0.303. The van der Waals surface area contributed by atoms with E-state index >= 15 is 0 Å². The van der Waals surface area contributed by atoms with Crippen molar-refractivity contribution >= 4 is 11.9 Å². The highest BCUT2D eigenvalue weighted by atomic mass is 19.1. The number of hydrogen-bond donors (Lipinski definition) is 0. The molecule has 0 aromatic heterocycles. The summed E-state index contributed by atoms with van der Waals surface area (Å²) in [7, 11) is 0. The molecular weight excluding hydrogens is 275 g/mol. The Balaban J connectivity index is 2.19. The zero-order chi connectivity index (χ0) is 15.5. The lowest BCUT2D eigenvalue weighted by Crippen LogP contribution is -2.13. The van der Waals surface area contributed by atoms with E-state index in [2.05, 4.69) is 6.58 Å². The first-order chi connectivity index (χ1) is 10.1. The number of rotatable bonds is 9. The molecule has 0 aliphatic rings. The normalized spacial score (nSPS) is 9.95. The van der Waals surface area contributed by atoms with Crippen LogP contribution in [-0.4, -0.2) is 18.5 Å². The number of hydrogen-bond acceptors (Lipinski definition) is 4. The Hall–Kier alpha value is -2.17. The van der Waals surface area contributed by atoms with Crippen molar-refractivity contribution < 1.29 is 23.5 Å². The first-order valence-corrected chi connectivity index (χ1v) is 6.85. The molecule has 5 heteroatoms. The third-order valence-electron chi connectivity index (χ3n) is 2.66. The average Bonchev–Trinajstić information content (AvgIpc) is 2.47. The van der Waals surface area contributed by atoms with Gasteiger partial charge in [-0.15, -0.1) is 6.58 Å². The summed E-state index contributed by atoms with van der Waals surface area (Å²) in [4.78, 5) is 22.9. The van der Waals surface area contributed by atoms with Gasteiger partial charge in [0, 0.05) is 0 Å². The maximum atomic E-state index is 13.2. The molecule has 1 aromatic rings. The summed E-state index contributed by atoms with van der Waals surface area (Å²) in [5, 5.41) is 0. The van der Waals surface area contributed by atoms with E-state index in [9.17, 15) is 14.0 Å². The minimum atomic E-state index is -0.663. The number of para-hydroxylation sites is 1. The zero-order valence-electron chi connectivity index (χ0n) is 11.8. The van der Waals surface area contributed by atoms with Crippen LogP contribution < -0.4 is 4.74 Å². The molecule has 0 spiro atoms. The number of unbranched alkanes of at least 4 members (excludes halogenated alkanes) is 2. The van der Waals surface area contributed by atoms with Gasteiger partial charge < -0.3 is 9.47 Å². The van der Waals surface area contributed by atoms with E-state index in [1.165, 1.54) is 18.2 Å². The SMILES string of the molecule is C=CCCCCOC(=O)CCC(=O)Oc1ccccc1F. The second-order valence-electron chi connectivity index (χ2n) is 4.41. The van der Waals surface area contributed by atoms with Crippen molar-refractivity contribution in [2.24, 2.45) is 0 Å². The Morgan fingerprint density at radius 2 is 1.86 bits per heavy atom. The van der Waals surface area contributed by atoms with Gasteiger partial charge in [0.1, 0.15) is 0 Å². The predicted molar refractivity (Wildman–Crippen MR) is 76.3 cm³/mol. The Bertz CT molecular complexity index is 485. The molecule has 0 aliphatic carbocycles. The third kappa shape index (κ3) is 7.25. The molecule has 0 saturated heterocycles.